The van der Waals surface area contributed by atoms with Crippen molar-refractivity contribution in [2.45, 2.75) is 51.7 Å². The molecule has 0 aliphatic carbocycles. The second kappa shape index (κ2) is 6.62. The molecule has 0 aliphatic heterocycles. The molecule has 0 aromatic carbocycles. The summed E-state index contributed by atoms with van der Waals surface area (Å²) in [6.45, 7) is 4.24. The summed E-state index contributed by atoms with van der Waals surface area (Å²) in [6, 6.07) is 0.279. The number of unbranched alkanes of at least 4 members (excludes halogenated alkanes) is 1. The molecule has 2 N–H and O–H groups in total. The van der Waals surface area contributed by atoms with Crippen LogP contribution in [-0.2, 0) is 0 Å². The van der Waals surface area contributed by atoms with Gasteiger partial charge in [0.25, 0.3) is 0 Å². The third-order valence-electron chi connectivity index (χ3n) is 2.13. The van der Waals surface area contributed by atoms with Crippen LogP contribution in [-0.4, -0.2) is 24.3 Å². The summed E-state index contributed by atoms with van der Waals surface area (Å²) in [5.74, 6) is 0. The topological polar surface area (TPSA) is 32.3 Å². The van der Waals surface area contributed by atoms with Crippen LogP contribution in [0.25, 0.3) is 0 Å². The van der Waals surface area contributed by atoms with E-state index < -0.39 is 0 Å². The molecule has 0 heterocycles. The van der Waals surface area contributed by atoms with Crippen molar-refractivity contribution in [2.24, 2.45) is 0 Å². The summed E-state index contributed by atoms with van der Waals surface area (Å²) in [4.78, 5) is 0. The molecular formula is C9H21NO. The summed E-state index contributed by atoms with van der Waals surface area (Å²) in [5, 5.41) is 12.7. The molecule has 0 rings (SSSR count). The number of likely N-dealkylation sites (N-methyl/N-ethyl adjacent to an activating group) is 1. The average molecular weight is 159 g/mol. The predicted octanol–water partition coefficient (Wildman–Crippen LogP) is 1.54. The van der Waals surface area contributed by atoms with Crippen molar-refractivity contribution < 1.29 is 5.11 Å². The van der Waals surface area contributed by atoms with Crippen LogP contribution in [0.5, 0.6) is 0 Å². The lowest BCUT2D eigenvalue weighted by atomic mass is 10.0. The highest BCUT2D eigenvalue weighted by Gasteiger charge is 2.13. The SMILES string of the molecule is CCCCC(O)C(CC)NC. The Morgan fingerprint density at radius 1 is 1.36 bits per heavy atom. The van der Waals surface area contributed by atoms with Crippen molar-refractivity contribution in [3.63, 3.8) is 0 Å². The molecule has 0 bridgehead atoms. The van der Waals surface area contributed by atoms with Gasteiger partial charge in [0, 0.05) is 6.04 Å². The van der Waals surface area contributed by atoms with E-state index in [4.69, 9.17) is 0 Å². The molecule has 2 atom stereocenters. The first-order valence-electron chi connectivity index (χ1n) is 4.61. The van der Waals surface area contributed by atoms with Gasteiger partial charge in [-0.1, -0.05) is 26.7 Å². The van der Waals surface area contributed by atoms with Crippen molar-refractivity contribution in [3.8, 4) is 0 Å². The van der Waals surface area contributed by atoms with Crippen molar-refractivity contribution in [2.75, 3.05) is 7.05 Å². The molecule has 0 saturated heterocycles. The molecule has 2 nitrogen and oxygen atoms in total. The lowest BCUT2D eigenvalue weighted by Gasteiger charge is -2.20. The molecule has 2 unspecified atom stereocenters. The van der Waals surface area contributed by atoms with E-state index in [0.29, 0.717) is 0 Å². The molecule has 68 valence electrons. The Kier molecular flexibility index (Phi) is 6.57. The van der Waals surface area contributed by atoms with Gasteiger partial charge in [-0.05, 0) is 19.9 Å². The van der Waals surface area contributed by atoms with Gasteiger partial charge < -0.3 is 10.4 Å². The van der Waals surface area contributed by atoms with E-state index in [1.165, 1.54) is 0 Å². The monoisotopic (exact) mass is 159 g/mol. The lowest BCUT2D eigenvalue weighted by Crippen LogP contribution is -2.36. The number of rotatable bonds is 6. The Balaban J connectivity index is 3.51. The number of aliphatic hydroxyl groups excluding tert-OH is 1. The molecule has 0 saturated carbocycles. The summed E-state index contributed by atoms with van der Waals surface area (Å²) >= 11 is 0. The van der Waals surface area contributed by atoms with Gasteiger partial charge in [-0.25, -0.2) is 0 Å². The Bertz CT molecular complexity index is 81.6. The highest BCUT2D eigenvalue weighted by Crippen LogP contribution is 2.06. The van der Waals surface area contributed by atoms with E-state index in [-0.39, 0.29) is 12.1 Å². The largest absolute Gasteiger partial charge is 0.392 e. The summed E-state index contributed by atoms with van der Waals surface area (Å²) in [7, 11) is 1.91. The van der Waals surface area contributed by atoms with E-state index in [9.17, 15) is 5.11 Å². The van der Waals surface area contributed by atoms with Gasteiger partial charge in [-0.2, -0.15) is 0 Å². The third kappa shape index (κ3) is 4.38. The first-order chi connectivity index (χ1) is 5.26. The van der Waals surface area contributed by atoms with Gasteiger partial charge in [-0.3, -0.25) is 0 Å². The minimum atomic E-state index is -0.162. The first-order valence-corrected chi connectivity index (χ1v) is 4.61. The molecule has 11 heavy (non-hydrogen) atoms. The molecular weight excluding hydrogens is 138 g/mol. The van der Waals surface area contributed by atoms with Crippen molar-refractivity contribution >= 4 is 0 Å². The van der Waals surface area contributed by atoms with Gasteiger partial charge >= 0.3 is 0 Å². The molecule has 0 amide bonds. The second-order valence-electron chi connectivity index (χ2n) is 3.01. The van der Waals surface area contributed by atoms with Gasteiger partial charge in [0.15, 0.2) is 0 Å². The number of hydrogen-bond donors (Lipinski definition) is 2. The predicted molar refractivity (Wildman–Crippen MR) is 48.7 cm³/mol. The Morgan fingerprint density at radius 2 is 2.00 bits per heavy atom. The van der Waals surface area contributed by atoms with Crippen molar-refractivity contribution in [1.29, 1.82) is 0 Å². The van der Waals surface area contributed by atoms with Gasteiger partial charge in [-0.15, -0.1) is 0 Å². The van der Waals surface area contributed by atoms with Crippen LogP contribution in [0, 0.1) is 0 Å². The zero-order valence-electron chi connectivity index (χ0n) is 7.93. The van der Waals surface area contributed by atoms with Gasteiger partial charge in [0.1, 0.15) is 0 Å². The number of aliphatic hydroxyl groups is 1. The minimum Gasteiger partial charge on any atom is -0.392 e. The van der Waals surface area contributed by atoms with Crippen LogP contribution in [0.2, 0.25) is 0 Å². The first kappa shape index (κ1) is 10.9. The molecule has 0 aromatic rings. The van der Waals surface area contributed by atoms with Crippen LogP contribution in [0.3, 0.4) is 0 Å². The molecule has 0 aromatic heterocycles. The zero-order valence-corrected chi connectivity index (χ0v) is 7.93. The fraction of sp³-hybridized carbons (Fsp3) is 1.00. The van der Waals surface area contributed by atoms with Crippen LogP contribution in [0.4, 0.5) is 0 Å². The fourth-order valence-corrected chi connectivity index (χ4v) is 1.28. The van der Waals surface area contributed by atoms with Crippen LogP contribution < -0.4 is 5.32 Å². The van der Waals surface area contributed by atoms with Crippen LogP contribution in [0.15, 0.2) is 0 Å². The Morgan fingerprint density at radius 3 is 2.36 bits per heavy atom. The maximum absolute atomic E-state index is 9.58. The highest BCUT2D eigenvalue weighted by molar-refractivity contribution is 4.71. The van der Waals surface area contributed by atoms with Crippen molar-refractivity contribution in [3.05, 3.63) is 0 Å². The number of nitrogens with one attached hydrogen (secondary N) is 1. The Labute approximate surface area is 70.0 Å². The maximum Gasteiger partial charge on any atom is 0.0693 e. The van der Waals surface area contributed by atoms with E-state index in [0.717, 1.165) is 25.7 Å². The fourth-order valence-electron chi connectivity index (χ4n) is 1.28. The Hall–Kier alpha value is -0.0800. The summed E-state index contributed by atoms with van der Waals surface area (Å²) in [6.07, 6.45) is 4.05. The van der Waals surface area contributed by atoms with E-state index in [2.05, 4.69) is 19.2 Å². The zero-order chi connectivity index (χ0) is 8.69. The summed E-state index contributed by atoms with van der Waals surface area (Å²) < 4.78 is 0. The third-order valence-corrected chi connectivity index (χ3v) is 2.13. The van der Waals surface area contributed by atoms with Gasteiger partial charge in [0.05, 0.1) is 6.10 Å². The molecule has 0 aliphatic rings. The maximum atomic E-state index is 9.58. The number of hydrogen-bond acceptors (Lipinski definition) is 2. The quantitative estimate of drug-likeness (QED) is 0.616. The molecule has 0 spiro atoms. The second-order valence-corrected chi connectivity index (χ2v) is 3.01. The average Bonchev–Trinajstić information content (AvgIpc) is 2.03. The minimum absolute atomic E-state index is 0.162. The van der Waals surface area contributed by atoms with Gasteiger partial charge in [0.2, 0.25) is 0 Å². The van der Waals surface area contributed by atoms with Crippen LogP contribution in [0.1, 0.15) is 39.5 Å². The summed E-state index contributed by atoms with van der Waals surface area (Å²) in [5.41, 5.74) is 0. The van der Waals surface area contributed by atoms with E-state index in [1.54, 1.807) is 0 Å². The van der Waals surface area contributed by atoms with Crippen molar-refractivity contribution in [1.82, 2.24) is 5.32 Å². The van der Waals surface area contributed by atoms with Crippen LogP contribution >= 0.6 is 0 Å². The standard InChI is InChI=1S/C9H21NO/c1-4-6-7-9(11)8(5-2)10-3/h8-11H,4-7H2,1-3H3. The smallest absolute Gasteiger partial charge is 0.0693 e. The van der Waals surface area contributed by atoms with E-state index in [1.807, 2.05) is 7.05 Å². The normalized spacial score (nSPS) is 16.4. The lowest BCUT2D eigenvalue weighted by molar-refractivity contribution is 0.117. The van der Waals surface area contributed by atoms with E-state index >= 15 is 0 Å². The molecule has 0 radical (unpaired) electrons. The molecule has 0 fully saturated rings. The highest BCUT2D eigenvalue weighted by atomic mass is 16.3. The molecule has 2 heteroatoms.